The third kappa shape index (κ3) is 6.97. The molecule has 8 nitrogen and oxygen atoms in total. The Morgan fingerprint density at radius 1 is 0.700 bits per heavy atom. The number of carbonyl (C=O) groups is 4. The summed E-state index contributed by atoms with van der Waals surface area (Å²) in [5.41, 5.74) is 0. The molecule has 2 aliphatic rings. The second kappa shape index (κ2) is 12.9. The van der Waals surface area contributed by atoms with Gasteiger partial charge >= 0.3 is 0 Å². The zero-order valence-electron chi connectivity index (χ0n) is 17.4. The molecule has 30 heavy (non-hydrogen) atoms. The maximum atomic E-state index is 12.1. The highest BCUT2D eigenvalue weighted by molar-refractivity contribution is 8.04. The van der Waals surface area contributed by atoms with Gasteiger partial charge in [-0.3, -0.25) is 29.0 Å². The standard InChI is InChI=1S/C20H28N2O6S2/c1-3-5-21-17(23)13-15(19(21)25)29-11-9-27-7-8-28-10-12-30-16-14-18(24)22(6-4-2)20(16)26/h13-14H,3-12H2,1-2H3. The fourth-order valence-corrected chi connectivity index (χ4v) is 4.47. The summed E-state index contributed by atoms with van der Waals surface area (Å²) in [6.07, 6.45) is 4.27. The van der Waals surface area contributed by atoms with Crippen LogP contribution >= 0.6 is 23.5 Å². The van der Waals surface area contributed by atoms with Crippen molar-refractivity contribution in [3.05, 3.63) is 22.0 Å². The molecule has 0 unspecified atom stereocenters. The van der Waals surface area contributed by atoms with Crippen molar-refractivity contribution in [1.29, 1.82) is 0 Å². The van der Waals surface area contributed by atoms with Crippen molar-refractivity contribution in [3.8, 4) is 0 Å². The molecule has 0 aliphatic carbocycles. The molecule has 0 aromatic carbocycles. The fraction of sp³-hybridized carbons (Fsp3) is 0.600. The zero-order valence-corrected chi connectivity index (χ0v) is 19.0. The van der Waals surface area contributed by atoms with Crippen LogP contribution in [0.15, 0.2) is 22.0 Å². The molecule has 2 aliphatic heterocycles. The maximum Gasteiger partial charge on any atom is 0.267 e. The maximum absolute atomic E-state index is 12.1. The predicted octanol–water partition coefficient (Wildman–Crippen LogP) is 1.81. The minimum absolute atomic E-state index is 0.219. The average Bonchev–Trinajstić information content (AvgIpc) is 3.14. The van der Waals surface area contributed by atoms with Gasteiger partial charge in [0.15, 0.2) is 0 Å². The normalized spacial score (nSPS) is 16.7. The summed E-state index contributed by atoms with van der Waals surface area (Å²) < 4.78 is 11.0. The summed E-state index contributed by atoms with van der Waals surface area (Å²) in [6, 6.07) is 0. The van der Waals surface area contributed by atoms with Gasteiger partial charge in [0.25, 0.3) is 23.6 Å². The van der Waals surface area contributed by atoms with E-state index in [-0.39, 0.29) is 23.6 Å². The van der Waals surface area contributed by atoms with Gasteiger partial charge in [-0.25, -0.2) is 0 Å². The zero-order chi connectivity index (χ0) is 21.9. The molecule has 2 heterocycles. The van der Waals surface area contributed by atoms with Gasteiger partial charge < -0.3 is 9.47 Å². The number of nitrogens with zero attached hydrogens (tertiary/aromatic N) is 2. The number of imide groups is 2. The van der Waals surface area contributed by atoms with E-state index in [1.54, 1.807) is 0 Å². The van der Waals surface area contributed by atoms with Crippen LogP contribution in [-0.2, 0) is 28.7 Å². The Balaban J connectivity index is 1.48. The molecule has 166 valence electrons. The Morgan fingerprint density at radius 3 is 1.47 bits per heavy atom. The van der Waals surface area contributed by atoms with Crippen LogP contribution in [0.2, 0.25) is 0 Å². The first kappa shape index (κ1) is 24.6. The third-order valence-electron chi connectivity index (χ3n) is 4.19. The van der Waals surface area contributed by atoms with Gasteiger partial charge in [-0.15, -0.1) is 23.5 Å². The van der Waals surface area contributed by atoms with Gasteiger partial charge in [0.1, 0.15) is 0 Å². The largest absolute Gasteiger partial charge is 0.378 e. The van der Waals surface area contributed by atoms with Crippen molar-refractivity contribution in [2.45, 2.75) is 26.7 Å². The molecule has 0 radical (unpaired) electrons. The SMILES string of the molecule is CCCN1C(=O)C=C(SCCOCCOCCSC2=CC(=O)N(CCC)C2=O)C1=O. The second-order valence-corrected chi connectivity index (χ2v) is 8.80. The number of hydrogen-bond donors (Lipinski definition) is 0. The van der Waals surface area contributed by atoms with Crippen molar-refractivity contribution in [1.82, 2.24) is 9.80 Å². The van der Waals surface area contributed by atoms with Crippen LogP contribution in [0, 0.1) is 0 Å². The van der Waals surface area contributed by atoms with E-state index < -0.39 is 0 Å². The fourth-order valence-electron chi connectivity index (χ4n) is 2.79. The van der Waals surface area contributed by atoms with Crippen molar-refractivity contribution in [3.63, 3.8) is 0 Å². The summed E-state index contributed by atoms with van der Waals surface area (Å²) in [6.45, 7) is 6.49. The molecule has 0 atom stereocenters. The van der Waals surface area contributed by atoms with E-state index in [4.69, 9.17) is 9.47 Å². The van der Waals surface area contributed by atoms with Crippen molar-refractivity contribution in [2.24, 2.45) is 0 Å². The lowest BCUT2D eigenvalue weighted by molar-refractivity contribution is -0.138. The van der Waals surface area contributed by atoms with Crippen LogP contribution < -0.4 is 0 Å². The molecular weight excluding hydrogens is 428 g/mol. The number of carbonyl (C=O) groups excluding carboxylic acids is 4. The molecule has 2 rings (SSSR count). The van der Waals surface area contributed by atoms with Gasteiger partial charge in [0.05, 0.1) is 36.2 Å². The van der Waals surface area contributed by atoms with Gasteiger partial charge in [-0.1, -0.05) is 13.8 Å². The van der Waals surface area contributed by atoms with E-state index >= 15 is 0 Å². The quantitative estimate of drug-likeness (QED) is 0.272. The number of hydrogen-bond acceptors (Lipinski definition) is 8. The molecule has 0 N–H and O–H groups in total. The van der Waals surface area contributed by atoms with Crippen LogP contribution in [0.5, 0.6) is 0 Å². The average molecular weight is 457 g/mol. The van der Waals surface area contributed by atoms with E-state index in [0.717, 1.165) is 12.8 Å². The topological polar surface area (TPSA) is 93.2 Å². The molecule has 4 amide bonds. The monoisotopic (exact) mass is 456 g/mol. The first-order chi connectivity index (χ1) is 14.5. The predicted molar refractivity (Wildman–Crippen MR) is 117 cm³/mol. The first-order valence-electron chi connectivity index (χ1n) is 10.1. The summed E-state index contributed by atoms with van der Waals surface area (Å²) >= 11 is 2.65. The van der Waals surface area contributed by atoms with Crippen LogP contribution in [0.1, 0.15) is 26.7 Å². The summed E-state index contributed by atoms with van der Waals surface area (Å²) in [5.74, 6) is 0.243. The highest BCUT2D eigenvalue weighted by Gasteiger charge is 2.31. The number of amides is 4. The van der Waals surface area contributed by atoms with E-state index in [2.05, 4.69) is 0 Å². The van der Waals surface area contributed by atoms with Crippen molar-refractivity contribution in [2.75, 3.05) is 51.0 Å². The molecule has 0 spiro atoms. The Labute approximate surface area is 185 Å². The number of ether oxygens (including phenoxy) is 2. The highest BCUT2D eigenvalue weighted by atomic mass is 32.2. The lowest BCUT2D eigenvalue weighted by Crippen LogP contribution is -2.31. The molecule has 0 fully saturated rings. The Morgan fingerprint density at radius 2 is 1.10 bits per heavy atom. The van der Waals surface area contributed by atoms with Crippen molar-refractivity contribution < 1.29 is 28.7 Å². The Hall–Kier alpha value is -1.62. The molecule has 10 heteroatoms. The molecule has 0 saturated heterocycles. The first-order valence-corrected chi connectivity index (χ1v) is 12.0. The van der Waals surface area contributed by atoms with Crippen LogP contribution in [0.4, 0.5) is 0 Å². The van der Waals surface area contributed by atoms with E-state index in [1.165, 1.54) is 45.5 Å². The van der Waals surface area contributed by atoms with Gasteiger partial charge in [-0.05, 0) is 12.8 Å². The lowest BCUT2D eigenvalue weighted by atomic mass is 10.4. The molecule has 0 aromatic heterocycles. The lowest BCUT2D eigenvalue weighted by Gasteiger charge is -2.13. The molecule has 0 aromatic rings. The van der Waals surface area contributed by atoms with Crippen LogP contribution in [0.3, 0.4) is 0 Å². The molecule has 0 saturated carbocycles. The minimum atomic E-state index is -0.242. The highest BCUT2D eigenvalue weighted by Crippen LogP contribution is 2.25. The van der Waals surface area contributed by atoms with E-state index in [0.29, 0.717) is 60.8 Å². The Bertz CT molecular complexity index is 662. The van der Waals surface area contributed by atoms with E-state index in [1.807, 2.05) is 13.8 Å². The second-order valence-electron chi connectivity index (χ2n) is 6.53. The van der Waals surface area contributed by atoms with E-state index in [9.17, 15) is 19.2 Å². The van der Waals surface area contributed by atoms with Crippen molar-refractivity contribution >= 4 is 47.2 Å². The minimum Gasteiger partial charge on any atom is -0.378 e. The summed E-state index contributed by atoms with van der Waals surface area (Å²) in [7, 11) is 0. The summed E-state index contributed by atoms with van der Waals surface area (Å²) in [5, 5.41) is 0. The third-order valence-corrected chi connectivity index (χ3v) is 6.14. The van der Waals surface area contributed by atoms with Crippen LogP contribution in [0.25, 0.3) is 0 Å². The number of thioether (sulfide) groups is 2. The van der Waals surface area contributed by atoms with Gasteiger partial charge in [0, 0.05) is 36.7 Å². The van der Waals surface area contributed by atoms with Gasteiger partial charge in [-0.2, -0.15) is 0 Å². The summed E-state index contributed by atoms with van der Waals surface area (Å²) in [4.78, 5) is 51.1. The smallest absolute Gasteiger partial charge is 0.267 e. The Kier molecular flexibility index (Phi) is 10.6. The number of rotatable bonds is 15. The molecular formula is C20H28N2O6S2. The van der Waals surface area contributed by atoms with Crippen LogP contribution in [-0.4, -0.2) is 84.5 Å². The molecule has 0 bridgehead atoms. The van der Waals surface area contributed by atoms with Gasteiger partial charge in [0.2, 0.25) is 0 Å².